The van der Waals surface area contributed by atoms with Crippen molar-refractivity contribution in [1.82, 2.24) is 15.7 Å². The van der Waals surface area contributed by atoms with E-state index in [-0.39, 0.29) is 43.9 Å². The van der Waals surface area contributed by atoms with Gasteiger partial charge in [-0.1, -0.05) is 24.3 Å². The molecule has 3 amide bonds. The van der Waals surface area contributed by atoms with Gasteiger partial charge in [0.25, 0.3) is 11.8 Å². The molecule has 0 unspecified atom stereocenters. The zero-order valence-electron chi connectivity index (χ0n) is 20.1. The van der Waals surface area contributed by atoms with Crippen LogP contribution < -0.4 is 16.1 Å². The highest BCUT2D eigenvalue weighted by atomic mass is 19.4. The summed E-state index contributed by atoms with van der Waals surface area (Å²) in [6.45, 7) is 1.76. The van der Waals surface area contributed by atoms with Crippen LogP contribution in [-0.4, -0.2) is 70.9 Å². The Labute approximate surface area is 211 Å². The number of hydroxylamine groups is 1. The highest BCUT2D eigenvalue weighted by molar-refractivity contribution is 5.98. The molecule has 1 saturated heterocycles. The molecule has 1 aliphatic rings. The summed E-state index contributed by atoms with van der Waals surface area (Å²) >= 11 is 0. The molecule has 0 saturated carbocycles. The number of likely N-dealkylation sites (tertiary alicyclic amines) is 1. The Hall–Kier alpha value is -3.48. The molecular weight excluding hydrogens is 493 g/mol. The van der Waals surface area contributed by atoms with Crippen molar-refractivity contribution in [1.29, 1.82) is 0 Å². The van der Waals surface area contributed by atoms with Gasteiger partial charge in [-0.3, -0.25) is 24.5 Å². The number of amides is 3. The molecule has 1 aliphatic heterocycles. The van der Waals surface area contributed by atoms with Crippen molar-refractivity contribution >= 4 is 23.4 Å². The molecule has 0 bridgehead atoms. The van der Waals surface area contributed by atoms with Crippen LogP contribution in [0.1, 0.15) is 30.1 Å². The maximum absolute atomic E-state index is 12.8. The molecule has 9 nitrogen and oxygen atoms in total. The summed E-state index contributed by atoms with van der Waals surface area (Å²) in [6.07, 6.45) is -5.44. The quantitative estimate of drug-likeness (QED) is 0.268. The van der Waals surface area contributed by atoms with Crippen molar-refractivity contribution in [2.75, 3.05) is 25.0 Å². The van der Waals surface area contributed by atoms with Crippen molar-refractivity contribution in [3.63, 3.8) is 0 Å². The van der Waals surface area contributed by atoms with Crippen molar-refractivity contribution < 1.29 is 37.9 Å². The molecular formula is C25H29F3N4O5. The van der Waals surface area contributed by atoms with Crippen LogP contribution in [0.15, 0.2) is 48.5 Å². The number of carbonyl (C=O) groups is 3. The molecule has 12 heteroatoms. The van der Waals surface area contributed by atoms with Crippen molar-refractivity contribution in [2.45, 2.75) is 38.1 Å². The second-order valence-electron chi connectivity index (χ2n) is 8.96. The largest absolute Gasteiger partial charge is 0.391 e. The molecule has 200 valence electrons. The average molecular weight is 523 g/mol. The average Bonchev–Trinajstić information content (AvgIpc) is 2.86. The Morgan fingerprint density at radius 1 is 1.00 bits per heavy atom. The van der Waals surface area contributed by atoms with Gasteiger partial charge in [0, 0.05) is 11.3 Å². The lowest BCUT2D eigenvalue weighted by molar-refractivity contribution is -0.184. The third-order valence-electron chi connectivity index (χ3n) is 6.23. The van der Waals surface area contributed by atoms with Gasteiger partial charge < -0.3 is 15.7 Å². The first-order valence-electron chi connectivity index (χ1n) is 11.7. The van der Waals surface area contributed by atoms with Crippen LogP contribution in [0.2, 0.25) is 0 Å². The van der Waals surface area contributed by atoms with E-state index in [4.69, 9.17) is 5.21 Å². The van der Waals surface area contributed by atoms with Crippen LogP contribution >= 0.6 is 0 Å². The summed E-state index contributed by atoms with van der Waals surface area (Å²) in [5.41, 5.74) is 3.77. The second-order valence-corrected chi connectivity index (χ2v) is 8.96. The molecule has 0 radical (unpaired) electrons. The molecule has 3 rings (SSSR count). The lowest BCUT2D eigenvalue weighted by atomic mass is 9.96. The van der Waals surface area contributed by atoms with Crippen molar-refractivity contribution in [3.8, 4) is 11.1 Å². The van der Waals surface area contributed by atoms with Crippen LogP contribution in [0, 0.1) is 5.92 Å². The normalized spacial score (nSPS) is 16.5. The highest BCUT2D eigenvalue weighted by Gasteiger charge is 2.41. The standard InChI is InChI=1S/C25H29F3N4O5/c1-15(33)22(24(36)31-37)30-23(35)18-4-2-16(3-5-18)17-6-8-20(9-7-17)29-21(34)14-32-12-10-19(11-13-32)25(26,27)28/h2-9,15,19,22,33,37H,10-14H2,1H3,(H,29,34)(H,30,35)(H,31,36)/t15-,22+/m1/s1. The number of alkyl halides is 3. The summed E-state index contributed by atoms with van der Waals surface area (Å²) in [7, 11) is 0. The van der Waals surface area contributed by atoms with Crippen LogP contribution in [0.3, 0.4) is 0 Å². The number of nitrogens with zero attached hydrogens (tertiary/aromatic N) is 1. The Morgan fingerprint density at radius 3 is 2.03 bits per heavy atom. The van der Waals surface area contributed by atoms with Gasteiger partial charge in [0.1, 0.15) is 6.04 Å². The molecule has 1 heterocycles. The molecule has 0 aromatic heterocycles. The molecule has 0 spiro atoms. The minimum Gasteiger partial charge on any atom is -0.391 e. The van der Waals surface area contributed by atoms with E-state index >= 15 is 0 Å². The molecule has 2 atom stereocenters. The predicted molar refractivity (Wildman–Crippen MR) is 129 cm³/mol. The van der Waals surface area contributed by atoms with Gasteiger partial charge in [0.15, 0.2) is 0 Å². The number of aliphatic hydroxyl groups excluding tert-OH is 1. The number of aliphatic hydroxyl groups is 1. The molecule has 1 fully saturated rings. The monoisotopic (exact) mass is 522 g/mol. The smallest absolute Gasteiger partial charge is 0.391 e. The number of carbonyl (C=O) groups excluding carboxylic acids is 3. The van der Waals surface area contributed by atoms with Gasteiger partial charge >= 0.3 is 6.18 Å². The first-order valence-corrected chi connectivity index (χ1v) is 11.7. The summed E-state index contributed by atoms with van der Waals surface area (Å²) in [5, 5.41) is 23.5. The lowest BCUT2D eigenvalue weighted by Gasteiger charge is -2.32. The van der Waals surface area contributed by atoms with E-state index in [1.165, 1.54) is 24.5 Å². The minimum atomic E-state index is -4.19. The summed E-state index contributed by atoms with van der Waals surface area (Å²) in [5.74, 6) is -3.17. The topological polar surface area (TPSA) is 131 Å². The fourth-order valence-corrected chi connectivity index (χ4v) is 4.08. The number of nitrogens with one attached hydrogen (secondary N) is 3. The van der Waals surface area contributed by atoms with Crippen LogP contribution in [0.5, 0.6) is 0 Å². The van der Waals surface area contributed by atoms with Gasteiger partial charge in [0.05, 0.1) is 18.6 Å². The zero-order chi connectivity index (χ0) is 27.2. The van der Waals surface area contributed by atoms with Crippen LogP contribution in [0.25, 0.3) is 11.1 Å². The molecule has 2 aromatic carbocycles. The molecule has 0 aliphatic carbocycles. The van der Waals surface area contributed by atoms with Crippen LogP contribution in [-0.2, 0) is 9.59 Å². The number of rotatable bonds is 8. The first-order chi connectivity index (χ1) is 17.5. The van der Waals surface area contributed by atoms with E-state index in [1.54, 1.807) is 41.3 Å². The maximum atomic E-state index is 12.8. The molecule has 37 heavy (non-hydrogen) atoms. The SMILES string of the molecule is C[C@@H](O)[C@H](NC(=O)c1ccc(-c2ccc(NC(=O)CN3CCC(C(F)(F)F)CC3)cc2)cc1)C(=O)NO. The minimum absolute atomic E-state index is 0.00887. The second kappa shape index (κ2) is 12.2. The van der Waals surface area contributed by atoms with E-state index in [9.17, 15) is 32.7 Å². The third kappa shape index (κ3) is 7.75. The Balaban J connectivity index is 1.53. The van der Waals surface area contributed by atoms with Gasteiger partial charge in [-0.2, -0.15) is 13.2 Å². The number of piperidine rings is 1. The first kappa shape index (κ1) is 28.1. The number of anilines is 1. The van der Waals surface area contributed by atoms with E-state index in [0.717, 1.165) is 11.1 Å². The van der Waals surface area contributed by atoms with Gasteiger partial charge in [0.2, 0.25) is 5.91 Å². The Bertz CT molecular complexity index is 1080. The number of hydrogen-bond acceptors (Lipinski definition) is 6. The number of hydrogen-bond donors (Lipinski definition) is 5. The predicted octanol–water partition coefficient (Wildman–Crippen LogP) is 2.55. The van der Waals surface area contributed by atoms with Gasteiger partial charge in [-0.15, -0.1) is 0 Å². The highest BCUT2D eigenvalue weighted by Crippen LogP contribution is 2.34. The summed E-state index contributed by atoms with van der Waals surface area (Å²) in [4.78, 5) is 38.0. The van der Waals surface area contributed by atoms with Crippen molar-refractivity contribution in [2.24, 2.45) is 5.92 Å². The maximum Gasteiger partial charge on any atom is 0.391 e. The van der Waals surface area contributed by atoms with E-state index < -0.39 is 36.1 Å². The Morgan fingerprint density at radius 2 is 1.54 bits per heavy atom. The third-order valence-corrected chi connectivity index (χ3v) is 6.23. The van der Waals surface area contributed by atoms with Gasteiger partial charge in [-0.25, -0.2) is 5.48 Å². The summed E-state index contributed by atoms with van der Waals surface area (Å²) in [6, 6.07) is 12.1. The molecule has 5 N–H and O–H groups in total. The fraction of sp³-hybridized carbons (Fsp3) is 0.400. The van der Waals surface area contributed by atoms with Crippen LogP contribution in [0.4, 0.5) is 18.9 Å². The number of halogens is 3. The number of benzene rings is 2. The van der Waals surface area contributed by atoms with E-state index in [2.05, 4.69) is 10.6 Å². The zero-order valence-corrected chi connectivity index (χ0v) is 20.1. The molecule has 2 aromatic rings. The fourth-order valence-electron chi connectivity index (χ4n) is 4.08. The lowest BCUT2D eigenvalue weighted by Crippen LogP contribution is -2.51. The van der Waals surface area contributed by atoms with Gasteiger partial charge in [-0.05, 0) is 68.2 Å². The van der Waals surface area contributed by atoms with E-state index in [1.807, 2.05) is 0 Å². The Kier molecular flexibility index (Phi) is 9.24. The van der Waals surface area contributed by atoms with Crippen molar-refractivity contribution in [3.05, 3.63) is 54.1 Å². The summed E-state index contributed by atoms with van der Waals surface area (Å²) < 4.78 is 38.4. The van der Waals surface area contributed by atoms with E-state index in [0.29, 0.717) is 5.69 Å².